The molecule has 3 unspecified atom stereocenters. The Morgan fingerprint density at radius 3 is 2.80 bits per heavy atom. The number of benzene rings is 1. The first-order valence-corrected chi connectivity index (χ1v) is 7.86. The lowest BCUT2D eigenvalue weighted by atomic mass is 9.91. The van der Waals surface area contributed by atoms with Gasteiger partial charge in [-0.1, -0.05) is 37.3 Å². The minimum absolute atomic E-state index is 0.218. The SMILES string of the molecule is CCC1CNC(c2ccccc2)CN1C1(C)CCOC1. The molecule has 0 aromatic heterocycles. The van der Waals surface area contributed by atoms with Gasteiger partial charge in [-0.25, -0.2) is 0 Å². The number of ether oxygens (including phenoxy) is 1. The van der Waals surface area contributed by atoms with E-state index in [1.165, 1.54) is 12.0 Å². The van der Waals surface area contributed by atoms with Crippen molar-refractivity contribution in [3.63, 3.8) is 0 Å². The van der Waals surface area contributed by atoms with E-state index in [2.05, 4.69) is 54.4 Å². The van der Waals surface area contributed by atoms with Crippen LogP contribution in [0.25, 0.3) is 0 Å². The smallest absolute Gasteiger partial charge is 0.0648 e. The standard InChI is InChI=1S/C17H26N2O/c1-3-15-11-18-16(14-7-5-4-6-8-14)12-19(15)17(2)9-10-20-13-17/h4-8,15-16,18H,3,9-13H2,1-2H3. The van der Waals surface area contributed by atoms with Crippen LogP contribution in [0, 0.1) is 0 Å². The zero-order valence-electron chi connectivity index (χ0n) is 12.6. The monoisotopic (exact) mass is 274 g/mol. The maximum atomic E-state index is 5.69. The van der Waals surface area contributed by atoms with Crippen LogP contribution in [0.3, 0.4) is 0 Å². The van der Waals surface area contributed by atoms with E-state index in [1.54, 1.807) is 0 Å². The molecule has 2 heterocycles. The summed E-state index contributed by atoms with van der Waals surface area (Å²) >= 11 is 0. The van der Waals surface area contributed by atoms with Gasteiger partial charge in [-0.15, -0.1) is 0 Å². The van der Waals surface area contributed by atoms with E-state index in [4.69, 9.17) is 4.74 Å². The summed E-state index contributed by atoms with van der Waals surface area (Å²) < 4.78 is 5.69. The Balaban J connectivity index is 1.79. The normalized spacial score (nSPS) is 35.3. The zero-order valence-corrected chi connectivity index (χ0v) is 12.6. The molecule has 2 aliphatic heterocycles. The van der Waals surface area contributed by atoms with Crippen LogP contribution in [0.1, 0.15) is 38.3 Å². The molecule has 3 rings (SSSR count). The topological polar surface area (TPSA) is 24.5 Å². The number of rotatable bonds is 3. The van der Waals surface area contributed by atoms with E-state index in [9.17, 15) is 0 Å². The lowest BCUT2D eigenvalue weighted by Crippen LogP contribution is -2.61. The van der Waals surface area contributed by atoms with Gasteiger partial charge >= 0.3 is 0 Å². The summed E-state index contributed by atoms with van der Waals surface area (Å²) in [6.07, 6.45) is 2.36. The quantitative estimate of drug-likeness (QED) is 0.917. The highest BCUT2D eigenvalue weighted by molar-refractivity contribution is 5.20. The molecule has 0 saturated carbocycles. The van der Waals surface area contributed by atoms with Crippen molar-refractivity contribution in [3.8, 4) is 0 Å². The second-order valence-corrected chi connectivity index (χ2v) is 6.39. The predicted molar refractivity (Wildman–Crippen MR) is 81.8 cm³/mol. The molecule has 0 radical (unpaired) electrons. The third kappa shape index (κ3) is 2.62. The van der Waals surface area contributed by atoms with Crippen molar-refractivity contribution in [2.24, 2.45) is 0 Å². The molecule has 2 saturated heterocycles. The van der Waals surface area contributed by atoms with Crippen molar-refractivity contribution in [2.45, 2.75) is 44.3 Å². The van der Waals surface area contributed by atoms with E-state index >= 15 is 0 Å². The Morgan fingerprint density at radius 1 is 1.35 bits per heavy atom. The summed E-state index contributed by atoms with van der Waals surface area (Å²) in [6.45, 7) is 8.61. The Bertz CT molecular complexity index is 428. The highest BCUT2D eigenvalue weighted by atomic mass is 16.5. The molecule has 1 aromatic carbocycles. The molecule has 0 aliphatic carbocycles. The first-order valence-electron chi connectivity index (χ1n) is 7.86. The Morgan fingerprint density at radius 2 is 2.15 bits per heavy atom. The first-order chi connectivity index (χ1) is 9.73. The molecule has 3 nitrogen and oxygen atoms in total. The average molecular weight is 274 g/mol. The minimum atomic E-state index is 0.218. The summed E-state index contributed by atoms with van der Waals surface area (Å²) in [4.78, 5) is 2.70. The molecule has 2 aliphatic rings. The molecular weight excluding hydrogens is 248 g/mol. The molecule has 0 bridgehead atoms. The van der Waals surface area contributed by atoms with Crippen molar-refractivity contribution < 1.29 is 4.74 Å². The second-order valence-electron chi connectivity index (χ2n) is 6.39. The molecule has 20 heavy (non-hydrogen) atoms. The number of hydrogen-bond donors (Lipinski definition) is 1. The summed E-state index contributed by atoms with van der Waals surface area (Å²) in [5.74, 6) is 0. The predicted octanol–water partition coefficient (Wildman–Crippen LogP) is 2.59. The fraction of sp³-hybridized carbons (Fsp3) is 0.647. The van der Waals surface area contributed by atoms with E-state index < -0.39 is 0 Å². The third-order valence-corrected chi connectivity index (χ3v) is 4.98. The van der Waals surface area contributed by atoms with E-state index in [1.807, 2.05) is 0 Å². The fourth-order valence-corrected chi connectivity index (χ4v) is 3.62. The van der Waals surface area contributed by atoms with Gasteiger partial charge in [-0.3, -0.25) is 4.90 Å². The van der Waals surface area contributed by atoms with Crippen LogP contribution in [-0.2, 0) is 4.74 Å². The largest absolute Gasteiger partial charge is 0.379 e. The van der Waals surface area contributed by atoms with E-state index in [0.29, 0.717) is 12.1 Å². The van der Waals surface area contributed by atoms with Crippen molar-refractivity contribution in [3.05, 3.63) is 35.9 Å². The molecule has 1 aromatic rings. The lowest BCUT2D eigenvalue weighted by molar-refractivity contribution is 0.0104. The van der Waals surface area contributed by atoms with Gasteiger partial charge in [0.2, 0.25) is 0 Å². The van der Waals surface area contributed by atoms with E-state index in [0.717, 1.165) is 32.7 Å². The molecule has 0 amide bonds. The van der Waals surface area contributed by atoms with Crippen LogP contribution in [0.5, 0.6) is 0 Å². The van der Waals surface area contributed by atoms with Crippen molar-refractivity contribution >= 4 is 0 Å². The summed E-state index contributed by atoms with van der Waals surface area (Å²) in [7, 11) is 0. The first kappa shape index (κ1) is 14.1. The number of nitrogens with zero attached hydrogens (tertiary/aromatic N) is 1. The molecule has 1 N–H and O–H groups in total. The van der Waals surface area contributed by atoms with Crippen LogP contribution in [0.15, 0.2) is 30.3 Å². The highest BCUT2D eigenvalue weighted by Crippen LogP contribution is 2.33. The molecule has 110 valence electrons. The number of piperazine rings is 1. The van der Waals surface area contributed by atoms with Crippen LogP contribution in [-0.4, -0.2) is 42.8 Å². The van der Waals surface area contributed by atoms with Crippen LogP contribution >= 0.6 is 0 Å². The summed E-state index contributed by atoms with van der Waals surface area (Å²) in [6, 6.07) is 11.9. The highest BCUT2D eigenvalue weighted by Gasteiger charge is 2.42. The minimum Gasteiger partial charge on any atom is -0.379 e. The average Bonchev–Trinajstić information content (AvgIpc) is 2.95. The van der Waals surface area contributed by atoms with Gasteiger partial charge in [0.15, 0.2) is 0 Å². The Kier molecular flexibility index (Phi) is 4.11. The summed E-state index contributed by atoms with van der Waals surface area (Å²) in [5, 5.41) is 3.72. The van der Waals surface area contributed by atoms with E-state index in [-0.39, 0.29) is 5.54 Å². The molecule has 0 spiro atoms. The van der Waals surface area contributed by atoms with Crippen LogP contribution in [0.4, 0.5) is 0 Å². The van der Waals surface area contributed by atoms with Gasteiger partial charge in [-0.05, 0) is 25.3 Å². The van der Waals surface area contributed by atoms with Gasteiger partial charge in [0.05, 0.1) is 6.61 Å². The van der Waals surface area contributed by atoms with Crippen LogP contribution < -0.4 is 5.32 Å². The fourth-order valence-electron chi connectivity index (χ4n) is 3.62. The van der Waals surface area contributed by atoms with Gasteiger partial charge in [0.1, 0.15) is 0 Å². The van der Waals surface area contributed by atoms with Crippen molar-refractivity contribution in [1.82, 2.24) is 10.2 Å². The molecule has 3 atom stereocenters. The van der Waals surface area contributed by atoms with Gasteiger partial charge in [-0.2, -0.15) is 0 Å². The zero-order chi connectivity index (χ0) is 14.0. The number of nitrogens with one attached hydrogen (secondary N) is 1. The third-order valence-electron chi connectivity index (χ3n) is 4.98. The van der Waals surface area contributed by atoms with Crippen LogP contribution in [0.2, 0.25) is 0 Å². The lowest BCUT2D eigenvalue weighted by Gasteiger charge is -2.48. The second kappa shape index (κ2) is 5.84. The van der Waals surface area contributed by atoms with Gasteiger partial charge in [0, 0.05) is 37.3 Å². The molecular formula is C17H26N2O. The number of hydrogen-bond acceptors (Lipinski definition) is 3. The van der Waals surface area contributed by atoms with Crippen molar-refractivity contribution in [2.75, 3.05) is 26.3 Å². The maximum Gasteiger partial charge on any atom is 0.0648 e. The Hall–Kier alpha value is -0.900. The Labute approximate surface area is 122 Å². The van der Waals surface area contributed by atoms with Gasteiger partial charge in [0.25, 0.3) is 0 Å². The summed E-state index contributed by atoms with van der Waals surface area (Å²) in [5.41, 5.74) is 1.62. The molecule has 3 heteroatoms. The molecule has 2 fully saturated rings. The van der Waals surface area contributed by atoms with Crippen molar-refractivity contribution in [1.29, 1.82) is 0 Å². The maximum absolute atomic E-state index is 5.69. The van der Waals surface area contributed by atoms with Gasteiger partial charge < -0.3 is 10.1 Å².